The molecule has 0 N–H and O–H groups in total. The number of carbonyl (C=O) groups excluding carboxylic acids is 1. The molecule has 0 bridgehead atoms. The third-order valence-corrected chi connectivity index (χ3v) is 4.11. The first kappa shape index (κ1) is 18.6. The molecule has 24 heavy (non-hydrogen) atoms. The van der Waals surface area contributed by atoms with Gasteiger partial charge in [0, 0.05) is 24.7 Å². The van der Waals surface area contributed by atoms with Crippen molar-refractivity contribution in [2.75, 3.05) is 21.2 Å². The minimum atomic E-state index is -0.482. The number of nitrogens with zero attached hydrogens (tertiary/aromatic N) is 2. The van der Waals surface area contributed by atoms with Crippen LogP contribution in [0, 0.1) is 0 Å². The fraction of sp³-hybridized carbons (Fsp3) is 0.632. The number of methoxy groups -OCH3 is 1. The van der Waals surface area contributed by atoms with Crippen LogP contribution in [0.1, 0.15) is 44.4 Å². The molecule has 0 radical (unpaired) electrons. The lowest BCUT2D eigenvalue weighted by Gasteiger charge is -2.36. The first-order valence-corrected chi connectivity index (χ1v) is 8.43. The highest BCUT2D eigenvalue weighted by atomic mass is 16.6. The average molecular weight is 334 g/mol. The molecule has 0 aromatic heterocycles. The summed E-state index contributed by atoms with van der Waals surface area (Å²) in [6, 6.07) is 4.40. The molecule has 1 aromatic carbocycles. The third kappa shape index (κ3) is 4.41. The Kier molecular flexibility index (Phi) is 5.43. The van der Waals surface area contributed by atoms with E-state index in [1.165, 1.54) is 11.1 Å². The minimum absolute atomic E-state index is 0.118. The van der Waals surface area contributed by atoms with Crippen molar-refractivity contribution >= 4 is 6.09 Å². The van der Waals surface area contributed by atoms with Crippen LogP contribution in [0.5, 0.6) is 5.75 Å². The molecule has 1 aromatic rings. The Bertz CT molecular complexity index is 605. The van der Waals surface area contributed by atoms with E-state index in [1.807, 2.05) is 34.9 Å². The molecule has 0 saturated heterocycles. The van der Waals surface area contributed by atoms with E-state index >= 15 is 0 Å². The topological polar surface area (TPSA) is 42.0 Å². The van der Waals surface area contributed by atoms with Crippen LogP contribution in [0.15, 0.2) is 12.1 Å². The highest BCUT2D eigenvalue weighted by Crippen LogP contribution is 2.31. The standard InChI is InChI=1S/C19H30N2O3/c1-13-8-14-9-16(11-20(5)6)17(23-7)10-15(14)12-21(13)18(22)24-19(2,3)4/h9-10,13H,8,11-12H2,1-7H3. The third-order valence-electron chi connectivity index (χ3n) is 4.11. The average Bonchev–Trinajstić information content (AvgIpc) is 2.43. The smallest absolute Gasteiger partial charge is 0.410 e. The minimum Gasteiger partial charge on any atom is -0.496 e. The maximum absolute atomic E-state index is 12.5. The molecule has 134 valence electrons. The van der Waals surface area contributed by atoms with Gasteiger partial charge in [-0.2, -0.15) is 0 Å². The van der Waals surface area contributed by atoms with Crippen molar-refractivity contribution in [3.05, 3.63) is 28.8 Å². The van der Waals surface area contributed by atoms with Gasteiger partial charge < -0.3 is 19.3 Å². The molecular formula is C19H30N2O3. The number of fused-ring (bicyclic) bond motifs is 1. The summed E-state index contributed by atoms with van der Waals surface area (Å²) in [7, 11) is 5.79. The molecule has 0 fully saturated rings. The van der Waals surface area contributed by atoms with Crippen molar-refractivity contribution in [2.24, 2.45) is 0 Å². The molecule has 1 amide bonds. The number of carbonyl (C=O) groups is 1. The molecule has 1 atom stereocenters. The van der Waals surface area contributed by atoms with Gasteiger partial charge in [-0.3, -0.25) is 0 Å². The summed E-state index contributed by atoms with van der Waals surface area (Å²) in [5.74, 6) is 0.876. The molecule has 0 aliphatic carbocycles. The molecule has 1 aliphatic heterocycles. The van der Waals surface area contributed by atoms with Crippen molar-refractivity contribution < 1.29 is 14.3 Å². The number of amides is 1. The zero-order valence-electron chi connectivity index (χ0n) is 16.0. The summed E-state index contributed by atoms with van der Waals surface area (Å²) in [4.78, 5) is 16.4. The molecule has 1 heterocycles. The second-order valence-corrected chi connectivity index (χ2v) is 7.83. The van der Waals surface area contributed by atoms with E-state index in [2.05, 4.69) is 24.0 Å². The van der Waals surface area contributed by atoms with Crippen molar-refractivity contribution in [3.63, 3.8) is 0 Å². The van der Waals surface area contributed by atoms with E-state index < -0.39 is 5.60 Å². The fourth-order valence-corrected chi connectivity index (χ4v) is 3.04. The summed E-state index contributed by atoms with van der Waals surface area (Å²) in [5.41, 5.74) is 3.13. The number of hydrogen-bond donors (Lipinski definition) is 0. The summed E-state index contributed by atoms with van der Waals surface area (Å²) in [5, 5.41) is 0. The van der Waals surface area contributed by atoms with Gasteiger partial charge >= 0.3 is 6.09 Å². The van der Waals surface area contributed by atoms with Crippen molar-refractivity contribution in [3.8, 4) is 5.75 Å². The molecule has 1 unspecified atom stereocenters. The summed E-state index contributed by atoms with van der Waals surface area (Å²) < 4.78 is 11.1. The number of benzene rings is 1. The van der Waals surface area contributed by atoms with Gasteiger partial charge in [0.25, 0.3) is 0 Å². The number of rotatable bonds is 3. The van der Waals surface area contributed by atoms with E-state index in [1.54, 1.807) is 12.0 Å². The predicted octanol–water partition coefficient (Wildman–Crippen LogP) is 3.44. The van der Waals surface area contributed by atoms with E-state index in [0.717, 1.165) is 24.3 Å². The first-order valence-electron chi connectivity index (χ1n) is 8.43. The zero-order chi connectivity index (χ0) is 18.1. The lowest BCUT2D eigenvalue weighted by Crippen LogP contribution is -2.45. The zero-order valence-corrected chi connectivity index (χ0v) is 16.0. The van der Waals surface area contributed by atoms with Crippen LogP contribution >= 0.6 is 0 Å². The fourth-order valence-electron chi connectivity index (χ4n) is 3.04. The van der Waals surface area contributed by atoms with E-state index in [0.29, 0.717) is 6.54 Å². The van der Waals surface area contributed by atoms with Crippen LogP contribution in [0.4, 0.5) is 4.79 Å². The van der Waals surface area contributed by atoms with Crippen molar-refractivity contribution in [1.82, 2.24) is 9.80 Å². The Labute approximate surface area is 145 Å². The van der Waals surface area contributed by atoms with Crippen molar-refractivity contribution in [2.45, 2.75) is 58.8 Å². The van der Waals surface area contributed by atoms with E-state index in [4.69, 9.17) is 9.47 Å². The lowest BCUT2D eigenvalue weighted by molar-refractivity contribution is 0.0138. The van der Waals surface area contributed by atoms with Gasteiger partial charge in [0.05, 0.1) is 7.11 Å². The van der Waals surface area contributed by atoms with Crippen LogP contribution in [-0.4, -0.2) is 48.7 Å². The number of hydrogen-bond acceptors (Lipinski definition) is 4. The van der Waals surface area contributed by atoms with Gasteiger partial charge in [-0.1, -0.05) is 6.07 Å². The predicted molar refractivity (Wildman–Crippen MR) is 95.3 cm³/mol. The Hall–Kier alpha value is -1.75. The Balaban J connectivity index is 2.27. The second kappa shape index (κ2) is 7.01. The van der Waals surface area contributed by atoms with Crippen LogP contribution < -0.4 is 4.74 Å². The van der Waals surface area contributed by atoms with Crippen LogP contribution in [0.3, 0.4) is 0 Å². The quantitative estimate of drug-likeness (QED) is 0.849. The number of ether oxygens (including phenoxy) is 2. The summed E-state index contributed by atoms with van der Waals surface area (Å²) in [6.07, 6.45) is 0.580. The second-order valence-electron chi connectivity index (χ2n) is 7.83. The maximum atomic E-state index is 12.5. The molecule has 0 spiro atoms. The van der Waals surface area contributed by atoms with Gasteiger partial charge in [0.2, 0.25) is 0 Å². The maximum Gasteiger partial charge on any atom is 0.410 e. The monoisotopic (exact) mass is 334 g/mol. The Morgan fingerprint density at radius 3 is 2.50 bits per heavy atom. The molecular weight excluding hydrogens is 304 g/mol. The molecule has 0 saturated carbocycles. The molecule has 5 nitrogen and oxygen atoms in total. The van der Waals surface area contributed by atoms with E-state index in [9.17, 15) is 4.79 Å². The van der Waals surface area contributed by atoms with Gasteiger partial charge in [-0.25, -0.2) is 4.79 Å². The lowest BCUT2D eigenvalue weighted by atomic mass is 9.92. The largest absolute Gasteiger partial charge is 0.496 e. The Morgan fingerprint density at radius 1 is 1.29 bits per heavy atom. The highest BCUT2D eigenvalue weighted by molar-refractivity contribution is 5.69. The van der Waals surface area contributed by atoms with E-state index in [-0.39, 0.29) is 12.1 Å². The SMILES string of the molecule is COc1cc2c(cc1CN(C)C)CC(C)N(C(=O)OC(C)(C)C)C2. The van der Waals surface area contributed by atoms with Gasteiger partial charge in [0.15, 0.2) is 0 Å². The van der Waals surface area contributed by atoms with Crippen LogP contribution in [0.25, 0.3) is 0 Å². The molecule has 5 heteroatoms. The summed E-state index contributed by atoms with van der Waals surface area (Å²) >= 11 is 0. The van der Waals surface area contributed by atoms with Gasteiger partial charge in [-0.05, 0) is 65.4 Å². The Morgan fingerprint density at radius 2 is 1.96 bits per heavy atom. The molecule has 1 aliphatic rings. The summed E-state index contributed by atoms with van der Waals surface area (Å²) in [6.45, 7) is 9.14. The van der Waals surface area contributed by atoms with Gasteiger partial charge in [0.1, 0.15) is 11.4 Å². The first-order chi connectivity index (χ1) is 11.1. The highest BCUT2D eigenvalue weighted by Gasteiger charge is 2.31. The van der Waals surface area contributed by atoms with Crippen LogP contribution in [0.2, 0.25) is 0 Å². The molecule has 2 rings (SSSR count). The normalized spacial score (nSPS) is 17.7. The van der Waals surface area contributed by atoms with Crippen LogP contribution in [-0.2, 0) is 24.2 Å². The van der Waals surface area contributed by atoms with Crippen molar-refractivity contribution in [1.29, 1.82) is 0 Å². The van der Waals surface area contributed by atoms with Gasteiger partial charge in [-0.15, -0.1) is 0 Å².